The van der Waals surface area contributed by atoms with Crippen LogP contribution >= 0.6 is 0 Å². The summed E-state index contributed by atoms with van der Waals surface area (Å²) in [6.45, 7) is 1.87. The molecule has 1 aliphatic carbocycles. The molecule has 0 saturated heterocycles. The van der Waals surface area contributed by atoms with Crippen LogP contribution in [0.1, 0.15) is 47.2 Å². The highest BCUT2D eigenvalue weighted by Gasteiger charge is 2.22. The molecule has 0 atom stereocenters. The fourth-order valence-corrected chi connectivity index (χ4v) is 3.87. The Balaban J connectivity index is 1.51. The number of aryl methyl sites for hydroxylation is 1. The summed E-state index contributed by atoms with van der Waals surface area (Å²) in [5.74, 6) is 0.102. The van der Waals surface area contributed by atoms with E-state index in [0.717, 1.165) is 24.0 Å². The van der Waals surface area contributed by atoms with Gasteiger partial charge in [0.05, 0.1) is 35.1 Å². The van der Waals surface area contributed by atoms with E-state index >= 15 is 0 Å². The fourth-order valence-electron chi connectivity index (χ4n) is 3.87. The summed E-state index contributed by atoms with van der Waals surface area (Å²) < 4.78 is 1.30. The van der Waals surface area contributed by atoms with Crippen molar-refractivity contribution in [2.45, 2.75) is 44.8 Å². The standard InChI is InChI=1S/C23H23N5O3/c1-14-10-15(11-24)2-8-19(14)20-13-26-28(23(20)31)21-9-3-16(12-25-21)22(30)27-17-4-6-18(29)7-5-17/h2-3,8-10,12-13,17-18,29,31H,4-7H2,1H3,(H,27,30)/t17-,18+. The summed E-state index contributed by atoms with van der Waals surface area (Å²) >= 11 is 0. The second-order valence-corrected chi connectivity index (χ2v) is 7.82. The zero-order valence-corrected chi connectivity index (χ0v) is 17.1. The van der Waals surface area contributed by atoms with Gasteiger partial charge in [0.15, 0.2) is 5.82 Å². The van der Waals surface area contributed by atoms with Crippen LogP contribution in [0.4, 0.5) is 0 Å². The number of aliphatic hydroxyl groups excluding tert-OH is 1. The molecule has 4 rings (SSSR count). The molecule has 1 amide bonds. The Morgan fingerprint density at radius 1 is 1.16 bits per heavy atom. The highest BCUT2D eigenvalue weighted by Crippen LogP contribution is 2.33. The number of carbonyl (C=O) groups is 1. The molecule has 2 heterocycles. The van der Waals surface area contributed by atoms with Crippen molar-refractivity contribution in [3.63, 3.8) is 0 Å². The molecule has 3 aromatic rings. The Labute approximate surface area is 179 Å². The molecule has 0 spiro atoms. The van der Waals surface area contributed by atoms with E-state index in [1.165, 1.54) is 10.9 Å². The molecular formula is C23H23N5O3. The minimum absolute atomic E-state index is 0.0592. The fraction of sp³-hybridized carbons (Fsp3) is 0.304. The summed E-state index contributed by atoms with van der Waals surface area (Å²) in [7, 11) is 0. The van der Waals surface area contributed by atoms with E-state index in [1.807, 2.05) is 6.92 Å². The molecule has 1 aliphatic rings. The van der Waals surface area contributed by atoms with Crippen LogP contribution in [0, 0.1) is 18.3 Å². The van der Waals surface area contributed by atoms with Gasteiger partial charge in [-0.15, -0.1) is 0 Å². The van der Waals surface area contributed by atoms with E-state index in [9.17, 15) is 15.0 Å². The first-order chi connectivity index (χ1) is 15.0. The lowest BCUT2D eigenvalue weighted by Crippen LogP contribution is -2.38. The number of aromatic nitrogens is 3. The van der Waals surface area contributed by atoms with Crippen LogP contribution < -0.4 is 5.32 Å². The topological polar surface area (TPSA) is 124 Å². The van der Waals surface area contributed by atoms with Crippen molar-refractivity contribution in [3.05, 3.63) is 59.4 Å². The van der Waals surface area contributed by atoms with Crippen molar-refractivity contribution in [2.24, 2.45) is 0 Å². The number of hydrogen-bond donors (Lipinski definition) is 3. The van der Waals surface area contributed by atoms with Crippen LogP contribution in [0.25, 0.3) is 16.9 Å². The summed E-state index contributed by atoms with van der Waals surface area (Å²) in [5, 5.41) is 36.5. The van der Waals surface area contributed by atoms with E-state index in [2.05, 4.69) is 21.5 Å². The number of nitrogens with zero attached hydrogens (tertiary/aromatic N) is 4. The first-order valence-corrected chi connectivity index (χ1v) is 10.2. The Bertz CT molecular complexity index is 1140. The minimum atomic E-state index is -0.270. The SMILES string of the molecule is Cc1cc(C#N)ccc1-c1cnn(-c2ccc(C(=O)N[C@H]3CC[C@@H](O)CC3)cn2)c1O. The average molecular weight is 417 g/mol. The molecular weight excluding hydrogens is 394 g/mol. The molecule has 1 fully saturated rings. The lowest BCUT2D eigenvalue weighted by molar-refractivity contribution is 0.0867. The van der Waals surface area contributed by atoms with E-state index < -0.39 is 0 Å². The molecule has 0 aliphatic heterocycles. The van der Waals surface area contributed by atoms with Crippen molar-refractivity contribution in [1.29, 1.82) is 5.26 Å². The van der Waals surface area contributed by atoms with Gasteiger partial charge in [0.1, 0.15) is 0 Å². The molecule has 0 unspecified atom stereocenters. The van der Waals surface area contributed by atoms with Crippen molar-refractivity contribution < 1.29 is 15.0 Å². The number of amides is 1. The Hall–Kier alpha value is -3.70. The smallest absolute Gasteiger partial charge is 0.253 e. The van der Waals surface area contributed by atoms with Crippen molar-refractivity contribution in [1.82, 2.24) is 20.1 Å². The second kappa shape index (κ2) is 8.58. The number of hydrogen-bond acceptors (Lipinski definition) is 6. The molecule has 1 saturated carbocycles. The number of benzene rings is 1. The third-order valence-corrected chi connectivity index (χ3v) is 5.65. The third kappa shape index (κ3) is 4.27. The van der Waals surface area contributed by atoms with Crippen LogP contribution in [0.2, 0.25) is 0 Å². The maximum Gasteiger partial charge on any atom is 0.253 e. The number of carbonyl (C=O) groups excluding carboxylic acids is 1. The molecule has 1 aromatic carbocycles. The maximum atomic E-state index is 12.5. The summed E-state index contributed by atoms with van der Waals surface area (Å²) in [4.78, 5) is 16.8. The molecule has 8 heteroatoms. The summed E-state index contributed by atoms with van der Waals surface area (Å²) in [6.07, 6.45) is 5.64. The molecule has 0 radical (unpaired) electrons. The third-order valence-electron chi connectivity index (χ3n) is 5.65. The molecule has 3 N–H and O–H groups in total. The van der Waals surface area contributed by atoms with Gasteiger partial charge in [0.25, 0.3) is 5.91 Å². The zero-order chi connectivity index (χ0) is 22.0. The van der Waals surface area contributed by atoms with Gasteiger partial charge in [0, 0.05) is 12.2 Å². The molecule has 31 heavy (non-hydrogen) atoms. The highest BCUT2D eigenvalue weighted by molar-refractivity contribution is 5.94. The van der Waals surface area contributed by atoms with Gasteiger partial charge in [-0.1, -0.05) is 6.07 Å². The molecule has 0 bridgehead atoms. The quantitative estimate of drug-likeness (QED) is 0.600. The van der Waals surface area contributed by atoms with Gasteiger partial charge in [-0.05, 0) is 68.0 Å². The Morgan fingerprint density at radius 3 is 2.58 bits per heavy atom. The van der Waals surface area contributed by atoms with Gasteiger partial charge in [-0.25, -0.2) is 4.98 Å². The van der Waals surface area contributed by atoms with Gasteiger partial charge in [-0.3, -0.25) is 4.79 Å². The normalized spacial score (nSPS) is 18.4. The van der Waals surface area contributed by atoms with Crippen LogP contribution in [-0.2, 0) is 0 Å². The summed E-state index contributed by atoms with van der Waals surface area (Å²) in [6, 6.07) is 10.6. The lowest BCUT2D eigenvalue weighted by atomic mass is 9.93. The Morgan fingerprint density at radius 2 is 1.94 bits per heavy atom. The Kier molecular flexibility index (Phi) is 5.69. The monoisotopic (exact) mass is 417 g/mol. The number of rotatable bonds is 4. The van der Waals surface area contributed by atoms with Crippen molar-refractivity contribution in [2.75, 3.05) is 0 Å². The van der Waals surface area contributed by atoms with Crippen LogP contribution in [0.15, 0.2) is 42.7 Å². The van der Waals surface area contributed by atoms with Crippen molar-refractivity contribution in [3.8, 4) is 28.9 Å². The largest absolute Gasteiger partial charge is 0.493 e. The maximum absolute atomic E-state index is 12.5. The number of nitriles is 1. The number of aliphatic hydroxyl groups is 1. The van der Waals surface area contributed by atoms with Crippen LogP contribution in [0.3, 0.4) is 0 Å². The van der Waals surface area contributed by atoms with E-state index in [4.69, 9.17) is 5.26 Å². The lowest BCUT2D eigenvalue weighted by Gasteiger charge is -2.26. The number of pyridine rings is 1. The minimum Gasteiger partial charge on any atom is -0.493 e. The van der Waals surface area contributed by atoms with Gasteiger partial charge in [0.2, 0.25) is 5.88 Å². The number of aromatic hydroxyl groups is 1. The van der Waals surface area contributed by atoms with Gasteiger partial charge in [-0.2, -0.15) is 15.0 Å². The first-order valence-electron chi connectivity index (χ1n) is 10.2. The van der Waals surface area contributed by atoms with Gasteiger partial charge >= 0.3 is 0 Å². The zero-order valence-electron chi connectivity index (χ0n) is 17.1. The van der Waals surface area contributed by atoms with Crippen molar-refractivity contribution >= 4 is 5.91 Å². The van der Waals surface area contributed by atoms with E-state index in [-0.39, 0.29) is 23.9 Å². The number of nitrogens with one attached hydrogen (secondary N) is 1. The van der Waals surface area contributed by atoms with Crippen LogP contribution in [0.5, 0.6) is 5.88 Å². The predicted octanol–water partition coefficient (Wildman–Crippen LogP) is 2.85. The van der Waals surface area contributed by atoms with E-state index in [0.29, 0.717) is 35.3 Å². The average Bonchev–Trinajstić information content (AvgIpc) is 3.16. The second-order valence-electron chi connectivity index (χ2n) is 7.82. The van der Waals surface area contributed by atoms with Gasteiger partial charge < -0.3 is 15.5 Å². The summed E-state index contributed by atoms with van der Waals surface area (Å²) in [5.41, 5.74) is 3.13. The molecule has 8 nitrogen and oxygen atoms in total. The predicted molar refractivity (Wildman–Crippen MR) is 114 cm³/mol. The molecule has 158 valence electrons. The first kappa shape index (κ1) is 20.6. The van der Waals surface area contributed by atoms with Crippen LogP contribution in [-0.4, -0.2) is 43.0 Å². The van der Waals surface area contributed by atoms with E-state index in [1.54, 1.807) is 36.5 Å². The molecule has 2 aromatic heterocycles. The highest BCUT2D eigenvalue weighted by atomic mass is 16.3.